The predicted molar refractivity (Wildman–Crippen MR) is 140 cm³/mol. The Bertz CT molecular complexity index is 1250. The lowest BCUT2D eigenvalue weighted by Gasteiger charge is -2.37. The molecule has 9 nitrogen and oxygen atoms in total. The summed E-state index contributed by atoms with van der Waals surface area (Å²) < 4.78 is 17.0. The summed E-state index contributed by atoms with van der Waals surface area (Å²) in [5.74, 6) is 4.19. The van der Waals surface area contributed by atoms with Gasteiger partial charge in [-0.15, -0.1) is 0 Å². The molecule has 0 aliphatic carbocycles. The van der Waals surface area contributed by atoms with Crippen LogP contribution in [-0.4, -0.2) is 55.9 Å². The SMILES string of the molecule is COC(=O)C#CCN1C(=O)O[C@H](COC(c2ccccc2)(c2ccccc2)c2ccccc2)[C@H]1CN=[N+]=[N-]. The van der Waals surface area contributed by atoms with Crippen molar-refractivity contribution in [2.45, 2.75) is 17.7 Å². The lowest BCUT2D eigenvalue weighted by Crippen LogP contribution is -2.43. The average Bonchev–Trinajstić information content (AvgIpc) is 3.27. The average molecular weight is 511 g/mol. The van der Waals surface area contributed by atoms with Crippen LogP contribution in [0.1, 0.15) is 16.7 Å². The number of hydrogen-bond donors (Lipinski definition) is 0. The van der Waals surface area contributed by atoms with Crippen LogP contribution in [0, 0.1) is 11.8 Å². The Balaban J connectivity index is 1.71. The normalized spacial score (nSPS) is 16.6. The first-order valence-corrected chi connectivity index (χ1v) is 12.0. The third-order valence-electron chi connectivity index (χ3n) is 6.28. The van der Waals surface area contributed by atoms with Gasteiger partial charge in [-0.2, -0.15) is 0 Å². The van der Waals surface area contributed by atoms with Crippen LogP contribution in [0.2, 0.25) is 0 Å². The van der Waals surface area contributed by atoms with Crippen molar-refractivity contribution in [3.8, 4) is 11.8 Å². The van der Waals surface area contributed by atoms with Gasteiger partial charge in [0, 0.05) is 10.8 Å². The molecular formula is C29H26N4O5. The minimum atomic E-state index is -1.02. The topological polar surface area (TPSA) is 114 Å². The number of methoxy groups -OCH3 is 1. The van der Waals surface area contributed by atoms with E-state index in [4.69, 9.17) is 15.0 Å². The molecule has 0 unspecified atom stereocenters. The third kappa shape index (κ3) is 5.62. The highest BCUT2D eigenvalue weighted by molar-refractivity contribution is 5.88. The second-order valence-electron chi connectivity index (χ2n) is 8.41. The van der Waals surface area contributed by atoms with Crippen LogP contribution in [-0.2, 0) is 24.6 Å². The highest BCUT2D eigenvalue weighted by Gasteiger charge is 2.44. The van der Waals surface area contributed by atoms with Crippen molar-refractivity contribution in [3.63, 3.8) is 0 Å². The Kier molecular flexibility index (Phi) is 8.62. The molecule has 38 heavy (non-hydrogen) atoms. The van der Waals surface area contributed by atoms with Gasteiger partial charge in [-0.25, -0.2) is 9.59 Å². The van der Waals surface area contributed by atoms with Gasteiger partial charge in [-0.3, -0.25) is 4.90 Å². The number of hydrogen-bond acceptors (Lipinski definition) is 6. The number of ether oxygens (including phenoxy) is 3. The molecular weight excluding hydrogens is 484 g/mol. The van der Waals surface area contributed by atoms with Crippen LogP contribution in [0.4, 0.5) is 4.79 Å². The number of cyclic esters (lactones) is 1. The van der Waals surface area contributed by atoms with E-state index >= 15 is 0 Å². The van der Waals surface area contributed by atoms with Crippen molar-refractivity contribution in [2.24, 2.45) is 5.11 Å². The molecule has 0 aromatic heterocycles. The number of benzene rings is 3. The lowest BCUT2D eigenvalue weighted by atomic mass is 9.80. The first kappa shape index (κ1) is 26.3. The van der Waals surface area contributed by atoms with Gasteiger partial charge >= 0.3 is 12.1 Å². The van der Waals surface area contributed by atoms with Gasteiger partial charge in [0.05, 0.1) is 32.8 Å². The fourth-order valence-electron chi connectivity index (χ4n) is 4.50. The first-order chi connectivity index (χ1) is 18.6. The highest BCUT2D eigenvalue weighted by atomic mass is 16.6. The maximum atomic E-state index is 12.8. The number of amides is 1. The molecule has 0 N–H and O–H groups in total. The van der Waals surface area contributed by atoms with E-state index in [1.807, 2.05) is 91.0 Å². The summed E-state index contributed by atoms with van der Waals surface area (Å²) in [5.41, 5.74) is 10.6. The summed E-state index contributed by atoms with van der Waals surface area (Å²) >= 11 is 0. The van der Waals surface area contributed by atoms with Crippen molar-refractivity contribution in [3.05, 3.63) is 118 Å². The van der Waals surface area contributed by atoms with Crippen LogP contribution in [0.15, 0.2) is 96.1 Å². The molecule has 2 atom stereocenters. The molecule has 3 aromatic carbocycles. The molecule has 9 heteroatoms. The highest BCUT2D eigenvalue weighted by Crippen LogP contribution is 2.41. The molecule has 1 saturated heterocycles. The molecule has 0 spiro atoms. The Labute approximate surface area is 220 Å². The van der Waals surface area contributed by atoms with Crippen LogP contribution < -0.4 is 0 Å². The molecule has 192 valence electrons. The van der Waals surface area contributed by atoms with Crippen molar-refractivity contribution >= 4 is 12.1 Å². The minimum Gasteiger partial charge on any atom is -0.459 e. The fourth-order valence-corrected chi connectivity index (χ4v) is 4.50. The quantitative estimate of drug-likeness (QED) is 0.0789. The molecule has 0 bridgehead atoms. The summed E-state index contributed by atoms with van der Waals surface area (Å²) in [6.45, 7) is -0.153. The second-order valence-corrected chi connectivity index (χ2v) is 8.41. The van der Waals surface area contributed by atoms with E-state index in [1.54, 1.807) is 0 Å². The van der Waals surface area contributed by atoms with E-state index in [0.717, 1.165) is 16.7 Å². The number of azide groups is 1. The van der Waals surface area contributed by atoms with Gasteiger partial charge in [0.2, 0.25) is 0 Å². The van der Waals surface area contributed by atoms with Crippen LogP contribution >= 0.6 is 0 Å². The van der Waals surface area contributed by atoms with Gasteiger partial charge < -0.3 is 14.2 Å². The van der Waals surface area contributed by atoms with Crippen molar-refractivity contribution in [1.29, 1.82) is 0 Å². The van der Waals surface area contributed by atoms with E-state index < -0.39 is 29.8 Å². The summed E-state index contributed by atoms with van der Waals surface area (Å²) in [6, 6.07) is 28.8. The van der Waals surface area contributed by atoms with Crippen molar-refractivity contribution < 1.29 is 23.8 Å². The monoisotopic (exact) mass is 510 g/mol. The molecule has 0 saturated carbocycles. The molecule has 1 fully saturated rings. The number of rotatable bonds is 9. The third-order valence-corrected chi connectivity index (χ3v) is 6.28. The minimum absolute atomic E-state index is 0.00301. The fraction of sp³-hybridized carbons (Fsp3) is 0.241. The van der Waals surface area contributed by atoms with E-state index in [2.05, 4.69) is 26.6 Å². The lowest BCUT2D eigenvalue weighted by molar-refractivity contribution is -0.133. The van der Waals surface area contributed by atoms with Crippen LogP contribution in [0.25, 0.3) is 10.4 Å². The van der Waals surface area contributed by atoms with E-state index in [-0.39, 0.29) is 19.7 Å². The van der Waals surface area contributed by atoms with E-state index in [1.165, 1.54) is 12.0 Å². The molecule has 1 amide bonds. The van der Waals surface area contributed by atoms with Crippen molar-refractivity contribution in [2.75, 3.05) is 26.8 Å². The van der Waals surface area contributed by atoms with Gasteiger partial charge in [-0.05, 0) is 22.2 Å². The standard InChI is InChI=1S/C29H26N4O5/c1-36-27(34)18-11-19-33-25(20-31-32-30)26(38-28(33)35)21-37-29(22-12-5-2-6-13-22,23-14-7-3-8-15-23)24-16-9-4-10-17-24/h2-10,12-17,25-26H,19-21H2,1H3/t25-,26-/m1/s1. The van der Waals surface area contributed by atoms with Gasteiger partial charge in [0.25, 0.3) is 0 Å². The van der Waals surface area contributed by atoms with Crippen molar-refractivity contribution in [1.82, 2.24) is 4.90 Å². The summed E-state index contributed by atoms with van der Waals surface area (Å²) in [7, 11) is 1.22. The van der Waals surface area contributed by atoms with Crippen LogP contribution in [0.5, 0.6) is 0 Å². The summed E-state index contributed by atoms with van der Waals surface area (Å²) in [6.07, 6.45) is -1.40. The zero-order chi connectivity index (χ0) is 26.8. The maximum absolute atomic E-state index is 12.8. The Morgan fingerprint density at radius 3 is 2.00 bits per heavy atom. The molecule has 1 aliphatic heterocycles. The van der Waals surface area contributed by atoms with E-state index in [9.17, 15) is 9.59 Å². The zero-order valence-electron chi connectivity index (χ0n) is 20.8. The number of nitrogens with zero attached hydrogens (tertiary/aromatic N) is 4. The maximum Gasteiger partial charge on any atom is 0.411 e. The molecule has 3 aromatic rings. The first-order valence-electron chi connectivity index (χ1n) is 12.0. The molecule has 1 heterocycles. The smallest absolute Gasteiger partial charge is 0.411 e. The second kappa shape index (κ2) is 12.5. The number of esters is 1. The zero-order valence-corrected chi connectivity index (χ0v) is 20.8. The summed E-state index contributed by atoms with van der Waals surface area (Å²) in [4.78, 5) is 28.3. The molecule has 4 rings (SSSR count). The van der Waals surface area contributed by atoms with Gasteiger partial charge in [0.1, 0.15) is 11.7 Å². The van der Waals surface area contributed by atoms with Gasteiger partial charge in [-0.1, -0.05) is 102 Å². The Morgan fingerprint density at radius 2 is 1.53 bits per heavy atom. The summed E-state index contributed by atoms with van der Waals surface area (Å²) in [5, 5.41) is 3.68. The van der Waals surface area contributed by atoms with Crippen LogP contribution in [0.3, 0.4) is 0 Å². The Hall–Kier alpha value is -4.77. The largest absolute Gasteiger partial charge is 0.459 e. The van der Waals surface area contributed by atoms with E-state index in [0.29, 0.717) is 0 Å². The predicted octanol–water partition coefficient (Wildman–Crippen LogP) is 4.67. The number of carbonyl (C=O) groups is 2. The molecule has 0 radical (unpaired) electrons. The molecule has 1 aliphatic rings. The van der Waals surface area contributed by atoms with Gasteiger partial charge in [0.15, 0.2) is 0 Å². The number of carbonyl (C=O) groups excluding carboxylic acids is 2. The Morgan fingerprint density at radius 1 is 1.00 bits per heavy atom.